The number of nitrogens with zero attached hydrogens (tertiary/aromatic N) is 1. The van der Waals surface area contributed by atoms with E-state index in [1.807, 2.05) is 28.5 Å². The van der Waals surface area contributed by atoms with E-state index in [0.717, 1.165) is 10.4 Å². The molecule has 21 heavy (non-hydrogen) atoms. The molecule has 2 aromatic rings. The van der Waals surface area contributed by atoms with E-state index in [-0.39, 0.29) is 17.8 Å². The maximum atomic E-state index is 12.3. The van der Waals surface area contributed by atoms with E-state index in [1.165, 1.54) is 0 Å². The summed E-state index contributed by atoms with van der Waals surface area (Å²) in [6.07, 6.45) is 0.280. The van der Waals surface area contributed by atoms with Crippen molar-refractivity contribution < 1.29 is 14.6 Å². The number of hydrogen-bond donors (Lipinski definition) is 1. The lowest BCUT2D eigenvalue weighted by atomic mass is 10.1. The number of ether oxygens (including phenoxy) is 1. The molecule has 1 fully saturated rings. The van der Waals surface area contributed by atoms with Gasteiger partial charge in [-0.2, -0.15) is 0 Å². The van der Waals surface area contributed by atoms with Crippen molar-refractivity contribution in [3.05, 3.63) is 52.2 Å². The van der Waals surface area contributed by atoms with Crippen molar-refractivity contribution in [2.45, 2.75) is 12.5 Å². The topological polar surface area (TPSA) is 49.8 Å². The van der Waals surface area contributed by atoms with Gasteiger partial charge >= 0.3 is 0 Å². The summed E-state index contributed by atoms with van der Waals surface area (Å²) in [4.78, 5) is 15.3. The highest BCUT2D eigenvalue weighted by atomic mass is 32.1. The fourth-order valence-electron chi connectivity index (χ4n) is 2.48. The average molecular weight is 303 g/mol. The van der Waals surface area contributed by atoms with Crippen molar-refractivity contribution in [3.8, 4) is 5.75 Å². The van der Waals surface area contributed by atoms with Crippen molar-refractivity contribution >= 4 is 17.2 Å². The second-order valence-electron chi connectivity index (χ2n) is 5.05. The van der Waals surface area contributed by atoms with Crippen LogP contribution in [-0.4, -0.2) is 35.6 Å². The first-order valence-electron chi connectivity index (χ1n) is 6.93. The number of morpholine rings is 1. The Morgan fingerprint density at radius 2 is 2.29 bits per heavy atom. The molecule has 1 atom stereocenters. The number of rotatable bonds is 3. The van der Waals surface area contributed by atoms with Crippen LogP contribution >= 0.6 is 11.3 Å². The molecule has 0 aliphatic carbocycles. The fraction of sp³-hybridized carbons (Fsp3) is 0.312. The van der Waals surface area contributed by atoms with Gasteiger partial charge in [0.2, 0.25) is 5.91 Å². The lowest BCUT2D eigenvalue weighted by Crippen LogP contribution is -2.42. The third-order valence-electron chi connectivity index (χ3n) is 3.57. The first-order valence-corrected chi connectivity index (χ1v) is 7.81. The predicted octanol–water partition coefficient (Wildman–Crippen LogP) is 2.60. The van der Waals surface area contributed by atoms with Crippen LogP contribution in [0.3, 0.4) is 0 Å². The summed E-state index contributed by atoms with van der Waals surface area (Å²) < 4.78 is 5.73. The van der Waals surface area contributed by atoms with Crippen molar-refractivity contribution in [2.75, 3.05) is 19.7 Å². The van der Waals surface area contributed by atoms with Gasteiger partial charge in [0.15, 0.2) is 0 Å². The zero-order chi connectivity index (χ0) is 14.7. The van der Waals surface area contributed by atoms with Crippen LogP contribution in [0.15, 0.2) is 41.8 Å². The van der Waals surface area contributed by atoms with Gasteiger partial charge in [0.25, 0.3) is 0 Å². The van der Waals surface area contributed by atoms with Crippen LogP contribution in [0.5, 0.6) is 5.75 Å². The Kier molecular flexibility index (Phi) is 4.22. The number of carbonyl (C=O) groups is 1. The molecule has 0 bridgehead atoms. The molecule has 5 heteroatoms. The van der Waals surface area contributed by atoms with Crippen LogP contribution in [0, 0.1) is 0 Å². The van der Waals surface area contributed by atoms with Gasteiger partial charge in [-0.1, -0.05) is 18.2 Å². The molecule has 0 spiro atoms. The minimum Gasteiger partial charge on any atom is -0.508 e. The van der Waals surface area contributed by atoms with Crippen molar-refractivity contribution in [3.63, 3.8) is 0 Å². The van der Waals surface area contributed by atoms with Crippen LogP contribution in [0.2, 0.25) is 0 Å². The molecule has 1 aromatic carbocycles. The van der Waals surface area contributed by atoms with Crippen LogP contribution in [0.1, 0.15) is 16.5 Å². The maximum absolute atomic E-state index is 12.3. The Morgan fingerprint density at radius 1 is 1.38 bits per heavy atom. The van der Waals surface area contributed by atoms with Gasteiger partial charge in [-0.3, -0.25) is 4.79 Å². The molecule has 1 unspecified atom stereocenters. The summed E-state index contributed by atoms with van der Waals surface area (Å²) in [5, 5.41) is 11.5. The monoisotopic (exact) mass is 303 g/mol. The van der Waals surface area contributed by atoms with Gasteiger partial charge in [-0.05, 0) is 29.1 Å². The number of carbonyl (C=O) groups excluding carboxylic acids is 1. The normalized spacial score (nSPS) is 18.7. The molecule has 0 saturated carbocycles. The molecule has 4 nitrogen and oxygen atoms in total. The largest absolute Gasteiger partial charge is 0.508 e. The number of phenols is 1. The molecule has 1 N–H and O–H groups in total. The van der Waals surface area contributed by atoms with Crippen LogP contribution in [0.4, 0.5) is 0 Å². The Bertz CT molecular complexity index is 612. The minimum atomic E-state index is -0.168. The van der Waals surface area contributed by atoms with Crippen LogP contribution in [0.25, 0.3) is 0 Å². The van der Waals surface area contributed by atoms with E-state index in [0.29, 0.717) is 26.1 Å². The Morgan fingerprint density at radius 3 is 3.05 bits per heavy atom. The van der Waals surface area contributed by atoms with E-state index in [9.17, 15) is 9.90 Å². The predicted molar refractivity (Wildman–Crippen MR) is 81.4 cm³/mol. The third kappa shape index (κ3) is 3.43. The highest BCUT2D eigenvalue weighted by Gasteiger charge is 2.25. The number of phenolic OH excluding ortho intramolecular Hbond substituents is 1. The van der Waals surface area contributed by atoms with E-state index in [4.69, 9.17) is 4.74 Å². The van der Waals surface area contributed by atoms with Gasteiger partial charge in [-0.25, -0.2) is 0 Å². The molecule has 1 saturated heterocycles. The van der Waals surface area contributed by atoms with Crippen LogP contribution in [-0.2, 0) is 16.0 Å². The average Bonchev–Trinajstić information content (AvgIpc) is 3.00. The number of aromatic hydroxyl groups is 1. The van der Waals surface area contributed by atoms with Gasteiger partial charge in [-0.15, -0.1) is 11.3 Å². The summed E-state index contributed by atoms with van der Waals surface area (Å²) in [5.41, 5.74) is 0.906. The summed E-state index contributed by atoms with van der Waals surface area (Å²) >= 11 is 1.60. The van der Waals surface area contributed by atoms with Crippen LogP contribution < -0.4 is 0 Å². The maximum Gasteiger partial charge on any atom is 0.228 e. The second kappa shape index (κ2) is 6.28. The molecule has 110 valence electrons. The Hall–Kier alpha value is -1.85. The van der Waals surface area contributed by atoms with Crippen molar-refractivity contribution in [2.24, 2.45) is 0 Å². The smallest absolute Gasteiger partial charge is 0.228 e. The Labute approximate surface area is 127 Å². The van der Waals surface area contributed by atoms with Gasteiger partial charge in [0, 0.05) is 11.4 Å². The summed E-state index contributed by atoms with van der Waals surface area (Å²) in [7, 11) is 0. The molecule has 1 aliphatic heterocycles. The highest BCUT2D eigenvalue weighted by molar-refractivity contribution is 7.10. The van der Waals surface area contributed by atoms with E-state index in [1.54, 1.807) is 29.5 Å². The first-order chi connectivity index (χ1) is 10.2. The molecular weight excluding hydrogens is 286 g/mol. The number of amides is 1. The minimum absolute atomic E-state index is 0.130. The lowest BCUT2D eigenvalue weighted by Gasteiger charge is -2.33. The number of hydrogen-bond acceptors (Lipinski definition) is 4. The third-order valence-corrected chi connectivity index (χ3v) is 4.44. The second-order valence-corrected chi connectivity index (χ2v) is 6.08. The zero-order valence-electron chi connectivity index (χ0n) is 11.6. The lowest BCUT2D eigenvalue weighted by molar-refractivity contribution is -0.138. The molecule has 1 aliphatic rings. The van der Waals surface area contributed by atoms with Crippen molar-refractivity contribution in [1.29, 1.82) is 0 Å². The molecule has 3 rings (SSSR count). The molecule has 2 heterocycles. The van der Waals surface area contributed by atoms with E-state index < -0.39 is 0 Å². The zero-order valence-corrected chi connectivity index (χ0v) is 12.4. The quantitative estimate of drug-likeness (QED) is 0.948. The number of thiophene rings is 1. The van der Waals surface area contributed by atoms with Crippen molar-refractivity contribution in [1.82, 2.24) is 4.90 Å². The van der Waals surface area contributed by atoms with E-state index >= 15 is 0 Å². The summed E-state index contributed by atoms with van der Waals surface area (Å²) in [5.74, 6) is 0.351. The molecule has 1 amide bonds. The van der Waals surface area contributed by atoms with Gasteiger partial charge in [0.05, 0.1) is 19.6 Å². The Balaban J connectivity index is 1.66. The van der Waals surface area contributed by atoms with Gasteiger partial charge in [0.1, 0.15) is 11.9 Å². The summed E-state index contributed by atoms with van der Waals surface area (Å²) in [6.45, 7) is 1.68. The standard InChI is InChI=1S/C16H17NO3S/c18-13-4-1-3-12(9-13)15-11-17(6-7-20-15)16(19)10-14-5-2-8-21-14/h1-5,8-9,15,18H,6-7,10-11H2. The first kappa shape index (κ1) is 14.1. The molecule has 0 radical (unpaired) electrons. The van der Waals surface area contributed by atoms with E-state index in [2.05, 4.69) is 0 Å². The SMILES string of the molecule is O=C(Cc1cccs1)N1CCOC(c2cccc(O)c2)C1. The number of benzene rings is 1. The van der Waals surface area contributed by atoms with Gasteiger partial charge < -0.3 is 14.7 Å². The molecule has 1 aromatic heterocycles. The summed E-state index contributed by atoms with van der Waals surface area (Å²) in [6, 6.07) is 11.0. The molecular formula is C16H17NO3S. The highest BCUT2D eigenvalue weighted by Crippen LogP contribution is 2.25. The fourth-order valence-corrected chi connectivity index (χ4v) is 3.17.